The molecule has 0 aliphatic carbocycles. The third kappa shape index (κ3) is 2.12. The van der Waals surface area contributed by atoms with Gasteiger partial charge in [0.2, 0.25) is 0 Å². The maximum atomic E-state index is 5.94. The first kappa shape index (κ1) is 10.8. The highest BCUT2D eigenvalue weighted by Gasteiger charge is 2.10. The molecular formula is C9H9Cl2N3S. The maximum absolute atomic E-state index is 5.94. The van der Waals surface area contributed by atoms with E-state index in [0.29, 0.717) is 17.4 Å². The molecule has 0 aliphatic heterocycles. The van der Waals surface area contributed by atoms with Gasteiger partial charge in [-0.1, -0.05) is 23.2 Å². The number of rotatable bonds is 2. The smallest absolute Gasteiger partial charge is 0.141 e. The summed E-state index contributed by atoms with van der Waals surface area (Å²) in [5.41, 5.74) is 6.55. The normalized spacial score (nSPS) is 10.9. The average molecular weight is 262 g/mol. The topological polar surface area (TPSA) is 43.8 Å². The summed E-state index contributed by atoms with van der Waals surface area (Å²) < 4.78 is 2.44. The van der Waals surface area contributed by atoms with Crippen LogP contribution in [0.3, 0.4) is 0 Å². The highest BCUT2D eigenvalue weighted by molar-refractivity contribution is 7.16. The molecule has 2 aromatic heterocycles. The Labute approximate surface area is 101 Å². The number of aryl methyl sites for hydroxylation is 1. The highest BCUT2D eigenvalue weighted by Crippen LogP contribution is 2.26. The fourth-order valence-electron chi connectivity index (χ4n) is 1.28. The number of nitrogens with two attached hydrogens (primary N) is 1. The van der Waals surface area contributed by atoms with E-state index in [9.17, 15) is 0 Å². The molecule has 0 amide bonds. The van der Waals surface area contributed by atoms with Crippen molar-refractivity contribution < 1.29 is 0 Å². The minimum absolute atomic E-state index is 0.499. The molecule has 0 spiro atoms. The molecule has 2 aromatic rings. The first-order valence-corrected chi connectivity index (χ1v) is 5.87. The van der Waals surface area contributed by atoms with E-state index in [-0.39, 0.29) is 0 Å². The molecule has 0 aliphatic rings. The number of hydrogen-bond donors (Lipinski definition) is 1. The van der Waals surface area contributed by atoms with Crippen molar-refractivity contribution >= 4 is 40.4 Å². The molecule has 0 aromatic carbocycles. The van der Waals surface area contributed by atoms with Crippen LogP contribution < -0.4 is 5.73 Å². The highest BCUT2D eigenvalue weighted by atomic mass is 35.5. The van der Waals surface area contributed by atoms with E-state index in [1.54, 1.807) is 4.68 Å². The van der Waals surface area contributed by atoms with Crippen molar-refractivity contribution in [3.63, 3.8) is 0 Å². The number of thiophene rings is 1. The zero-order valence-corrected chi connectivity index (χ0v) is 10.3. The summed E-state index contributed by atoms with van der Waals surface area (Å²) in [6, 6.07) is 3.81. The molecule has 6 heteroatoms. The van der Waals surface area contributed by atoms with Crippen molar-refractivity contribution in [2.24, 2.45) is 0 Å². The lowest BCUT2D eigenvalue weighted by atomic mass is 10.4. The zero-order valence-electron chi connectivity index (χ0n) is 8.00. The number of anilines is 1. The maximum Gasteiger partial charge on any atom is 0.141 e. The van der Waals surface area contributed by atoms with E-state index in [0.717, 1.165) is 14.9 Å². The molecule has 2 rings (SSSR count). The molecule has 15 heavy (non-hydrogen) atoms. The van der Waals surface area contributed by atoms with E-state index in [2.05, 4.69) is 5.10 Å². The molecule has 0 saturated carbocycles. The van der Waals surface area contributed by atoms with Crippen LogP contribution in [-0.4, -0.2) is 9.78 Å². The van der Waals surface area contributed by atoms with E-state index < -0.39 is 0 Å². The fourth-order valence-corrected chi connectivity index (χ4v) is 2.49. The van der Waals surface area contributed by atoms with Gasteiger partial charge in [-0.3, -0.25) is 0 Å². The van der Waals surface area contributed by atoms with E-state index in [1.807, 2.05) is 19.1 Å². The van der Waals surface area contributed by atoms with Crippen LogP contribution in [0.25, 0.3) is 0 Å². The van der Waals surface area contributed by atoms with Crippen molar-refractivity contribution in [1.82, 2.24) is 9.78 Å². The van der Waals surface area contributed by atoms with Gasteiger partial charge in [0.05, 0.1) is 16.6 Å². The van der Waals surface area contributed by atoms with Gasteiger partial charge < -0.3 is 5.73 Å². The number of nitrogen functional groups attached to an aromatic ring is 1. The Morgan fingerprint density at radius 1 is 1.47 bits per heavy atom. The Morgan fingerprint density at radius 2 is 2.20 bits per heavy atom. The Morgan fingerprint density at radius 3 is 2.67 bits per heavy atom. The van der Waals surface area contributed by atoms with Crippen LogP contribution in [0.4, 0.5) is 5.82 Å². The van der Waals surface area contributed by atoms with Crippen LogP contribution in [0.2, 0.25) is 9.36 Å². The SMILES string of the molecule is Cc1nn(Cc2ccc(Cl)s2)c(N)c1Cl. The first-order chi connectivity index (χ1) is 7.08. The first-order valence-electron chi connectivity index (χ1n) is 4.30. The van der Waals surface area contributed by atoms with E-state index in [4.69, 9.17) is 28.9 Å². The fraction of sp³-hybridized carbons (Fsp3) is 0.222. The van der Waals surface area contributed by atoms with Gasteiger partial charge in [-0.25, -0.2) is 4.68 Å². The van der Waals surface area contributed by atoms with Crippen molar-refractivity contribution in [2.45, 2.75) is 13.5 Å². The van der Waals surface area contributed by atoms with Gasteiger partial charge >= 0.3 is 0 Å². The van der Waals surface area contributed by atoms with Gasteiger partial charge in [-0.05, 0) is 19.1 Å². The molecule has 0 radical (unpaired) electrons. The number of aromatic nitrogens is 2. The summed E-state index contributed by atoms with van der Waals surface area (Å²) in [5.74, 6) is 0.499. The van der Waals surface area contributed by atoms with Crippen LogP contribution in [0.1, 0.15) is 10.6 Å². The predicted octanol–water partition coefficient (Wildman–Crippen LogP) is 3.19. The average Bonchev–Trinajstić information content (AvgIpc) is 2.68. The van der Waals surface area contributed by atoms with Gasteiger partial charge in [0, 0.05) is 4.88 Å². The lowest BCUT2D eigenvalue weighted by molar-refractivity contribution is 0.697. The molecule has 80 valence electrons. The minimum Gasteiger partial charge on any atom is -0.383 e. The van der Waals surface area contributed by atoms with Crippen molar-refractivity contribution in [2.75, 3.05) is 5.73 Å². The monoisotopic (exact) mass is 261 g/mol. The second kappa shape index (κ2) is 4.04. The molecule has 3 nitrogen and oxygen atoms in total. The molecule has 0 fully saturated rings. The molecule has 0 atom stereocenters. The largest absolute Gasteiger partial charge is 0.383 e. The molecule has 0 bridgehead atoms. The second-order valence-corrected chi connectivity index (χ2v) is 5.33. The molecule has 2 N–H and O–H groups in total. The number of nitrogens with zero attached hydrogens (tertiary/aromatic N) is 2. The van der Waals surface area contributed by atoms with Crippen molar-refractivity contribution in [1.29, 1.82) is 0 Å². The molecule has 0 saturated heterocycles. The molecule has 0 unspecified atom stereocenters. The third-order valence-electron chi connectivity index (χ3n) is 2.03. The van der Waals surface area contributed by atoms with Gasteiger partial charge in [-0.15, -0.1) is 11.3 Å². The zero-order chi connectivity index (χ0) is 11.0. The lowest BCUT2D eigenvalue weighted by Crippen LogP contribution is -2.04. The van der Waals surface area contributed by atoms with Gasteiger partial charge in [0.1, 0.15) is 10.8 Å². The molecule has 2 heterocycles. The number of hydrogen-bond acceptors (Lipinski definition) is 3. The summed E-state index contributed by atoms with van der Waals surface area (Å²) >= 11 is 13.3. The quantitative estimate of drug-likeness (QED) is 0.903. The molecular weight excluding hydrogens is 253 g/mol. The van der Waals surface area contributed by atoms with E-state index >= 15 is 0 Å². The number of halogens is 2. The Hall–Kier alpha value is -0.710. The Balaban J connectivity index is 2.28. The lowest BCUT2D eigenvalue weighted by Gasteiger charge is -2.00. The van der Waals surface area contributed by atoms with Gasteiger partial charge in [0.25, 0.3) is 0 Å². The summed E-state index contributed by atoms with van der Waals surface area (Å²) in [6.07, 6.45) is 0. The summed E-state index contributed by atoms with van der Waals surface area (Å²) in [4.78, 5) is 1.10. The Kier molecular flexibility index (Phi) is 2.91. The third-order valence-corrected chi connectivity index (χ3v) is 3.71. The van der Waals surface area contributed by atoms with Gasteiger partial charge in [-0.2, -0.15) is 5.10 Å². The predicted molar refractivity (Wildman–Crippen MR) is 64.8 cm³/mol. The van der Waals surface area contributed by atoms with Gasteiger partial charge in [0.15, 0.2) is 0 Å². The van der Waals surface area contributed by atoms with Crippen LogP contribution in [0.15, 0.2) is 12.1 Å². The summed E-state index contributed by atoms with van der Waals surface area (Å²) in [5, 5.41) is 4.76. The summed E-state index contributed by atoms with van der Waals surface area (Å²) in [6.45, 7) is 2.44. The Bertz CT molecular complexity index is 490. The standard InChI is InChI=1S/C9H9Cl2N3S/c1-5-8(11)9(12)14(13-5)4-6-2-3-7(10)15-6/h2-3H,4,12H2,1H3. The second-order valence-electron chi connectivity index (χ2n) is 3.15. The van der Waals surface area contributed by atoms with Crippen LogP contribution in [-0.2, 0) is 6.54 Å². The van der Waals surface area contributed by atoms with Crippen LogP contribution >= 0.6 is 34.5 Å². The van der Waals surface area contributed by atoms with Crippen molar-refractivity contribution in [3.8, 4) is 0 Å². The van der Waals surface area contributed by atoms with Crippen LogP contribution in [0.5, 0.6) is 0 Å². The minimum atomic E-state index is 0.499. The van der Waals surface area contributed by atoms with E-state index in [1.165, 1.54) is 11.3 Å². The van der Waals surface area contributed by atoms with Crippen LogP contribution in [0, 0.1) is 6.92 Å². The summed E-state index contributed by atoms with van der Waals surface area (Å²) in [7, 11) is 0. The van der Waals surface area contributed by atoms with Crippen molar-refractivity contribution in [3.05, 3.63) is 32.1 Å².